The third-order valence-electron chi connectivity index (χ3n) is 5.25. The average molecular weight is 389 g/mol. The number of carbonyl (C=O) groups excluding carboxylic acids is 1. The highest BCUT2D eigenvalue weighted by Crippen LogP contribution is 2.22. The van der Waals surface area contributed by atoms with Crippen LogP contribution < -0.4 is 5.32 Å². The summed E-state index contributed by atoms with van der Waals surface area (Å²) in [4.78, 5) is 17.1. The van der Waals surface area contributed by atoms with Gasteiger partial charge in [0, 0.05) is 44.6 Å². The van der Waals surface area contributed by atoms with Gasteiger partial charge in [-0.05, 0) is 37.5 Å². The summed E-state index contributed by atoms with van der Waals surface area (Å²) in [6.07, 6.45) is 1.70. The lowest BCUT2D eigenvalue weighted by molar-refractivity contribution is -0.112. The number of rotatable bonds is 5. The Morgan fingerprint density at radius 2 is 1.69 bits per heavy atom. The molecule has 1 saturated heterocycles. The molecule has 0 aliphatic carbocycles. The van der Waals surface area contributed by atoms with Crippen molar-refractivity contribution in [1.82, 2.24) is 9.80 Å². The molecule has 29 heavy (non-hydrogen) atoms. The van der Waals surface area contributed by atoms with Gasteiger partial charge < -0.3 is 10.2 Å². The maximum atomic E-state index is 12.7. The molecule has 0 atom stereocenters. The van der Waals surface area contributed by atoms with Gasteiger partial charge in [0.25, 0.3) is 5.91 Å². The minimum atomic E-state index is -0.353. The molecule has 2 aromatic carbocycles. The molecular weight excluding hydrogens is 360 g/mol. The third-order valence-corrected chi connectivity index (χ3v) is 5.25. The lowest BCUT2D eigenvalue weighted by Crippen LogP contribution is -2.43. The molecule has 0 spiro atoms. The Morgan fingerprint density at radius 1 is 1.07 bits per heavy atom. The first-order chi connectivity index (χ1) is 14.0. The lowest BCUT2D eigenvalue weighted by Gasteiger charge is -2.34. The molecule has 1 amide bonds. The van der Waals surface area contributed by atoms with Gasteiger partial charge in [-0.15, -0.1) is 0 Å². The van der Waals surface area contributed by atoms with Gasteiger partial charge in [0.15, 0.2) is 0 Å². The van der Waals surface area contributed by atoms with Gasteiger partial charge in [-0.3, -0.25) is 9.69 Å². The summed E-state index contributed by atoms with van der Waals surface area (Å²) in [7, 11) is 0. The molecule has 150 valence electrons. The van der Waals surface area contributed by atoms with Crippen LogP contribution in [0.4, 0.5) is 5.69 Å². The Hall–Kier alpha value is -3.10. The zero-order valence-corrected chi connectivity index (χ0v) is 17.4. The van der Waals surface area contributed by atoms with Crippen LogP contribution in [-0.2, 0) is 11.3 Å². The number of nitriles is 1. The molecule has 5 heteroatoms. The smallest absolute Gasteiger partial charge is 0.267 e. The van der Waals surface area contributed by atoms with Crippen LogP contribution in [0.25, 0.3) is 0 Å². The molecule has 1 aliphatic heterocycles. The maximum Gasteiger partial charge on any atom is 0.267 e. The molecule has 0 saturated carbocycles. The number of anilines is 1. The van der Waals surface area contributed by atoms with E-state index in [1.54, 1.807) is 6.20 Å². The predicted molar refractivity (Wildman–Crippen MR) is 116 cm³/mol. The topological polar surface area (TPSA) is 59.4 Å². The zero-order valence-electron chi connectivity index (χ0n) is 17.4. The van der Waals surface area contributed by atoms with E-state index in [4.69, 9.17) is 0 Å². The number of hydrogen-bond donors (Lipinski definition) is 1. The molecule has 1 aliphatic rings. The quantitative estimate of drug-likeness (QED) is 0.626. The zero-order chi connectivity index (χ0) is 20.8. The highest BCUT2D eigenvalue weighted by Gasteiger charge is 2.18. The van der Waals surface area contributed by atoms with Crippen molar-refractivity contribution in [3.8, 4) is 6.07 Å². The molecule has 0 unspecified atom stereocenters. The average Bonchev–Trinajstić information content (AvgIpc) is 2.70. The Kier molecular flexibility index (Phi) is 6.69. The van der Waals surface area contributed by atoms with Gasteiger partial charge in [-0.2, -0.15) is 5.26 Å². The number of nitrogens with one attached hydrogen (secondary N) is 1. The van der Waals surface area contributed by atoms with E-state index in [0.717, 1.165) is 55.1 Å². The van der Waals surface area contributed by atoms with Crippen molar-refractivity contribution < 1.29 is 4.79 Å². The van der Waals surface area contributed by atoms with E-state index >= 15 is 0 Å². The first-order valence-electron chi connectivity index (χ1n) is 9.97. The van der Waals surface area contributed by atoms with Crippen molar-refractivity contribution in [2.45, 2.75) is 27.3 Å². The summed E-state index contributed by atoms with van der Waals surface area (Å²) in [6, 6.07) is 16.6. The fraction of sp³-hybridized carbons (Fsp3) is 0.333. The summed E-state index contributed by atoms with van der Waals surface area (Å²) < 4.78 is 0. The Morgan fingerprint density at radius 3 is 2.28 bits per heavy atom. The minimum absolute atomic E-state index is 0.140. The van der Waals surface area contributed by atoms with Crippen molar-refractivity contribution in [2.75, 3.05) is 31.5 Å². The van der Waals surface area contributed by atoms with Gasteiger partial charge in [-0.25, -0.2) is 0 Å². The van der Waals surface area contributed by atoms with Gasteiger partial charge in [0.1, 0.15) is 11.6 Å². The minimum Gasteiger partial charge on any atom is -0.374 e. The highest BCUT2D eigenvalue weighted by atomic mass is 16.1. The maximum absolute atomic E-state index is 12.7. The first kappa shape index (κ1) is 20.6. The highest BCUT2D eigenvalue weighted by molar-refractivity contribution is 6.07. The van der Waals surface area contributed by atoms with Crippen molar-refractivity contribution >= 4 is 11.6 Å². The largest absolute Gasteiger partial charge is 0.374 e. The second-order valence-corrected chi connectivity index (χ2v) is 7.68. The fourth-order valence-electron chi connectivity index (χ4n) is 3.77. The van der Waals surface area contributed by atoms with Crippen LogP contribution >= 0.6 is 0 Å². The molecule has 2 aromatic rings. The van der Waals surface area contributed by atoms with E-state index in [2.05, 4.69) is 45.5 Å². The molecule has 5 nitrogen and oxygen atoms in total. The first-order valence-corrected chi connectivity index (χ1v) is 9.97. The van der Waals surface area contributed by atoms with Gasteiger partial charge in [-0.1, -0.05) is 48.0 Å². The van der Waals surface area contributed by atoms with E-state index in [0.29, 0.717) is 0 Å². The second kappa shape index (κ2) is 9.40. The molecule has 1 N–H and O–H groups in total. The molecule has 1 heterocycles. The van der Waals surface area contributed by atoms with Crippen molar-refractivity contribution in [3.63, 3.8) is 0 Å². The number of amides is 1. The van der Waals surface area contributed by atoms with Gasteiger partial charge in [0.2, 0.25) is 0 Å². The summed E-state index contributed by atoms with van der Waals surface area (Å²) in [5.41, 5.74) is 5.39. The van der Waals surface area contributed by atoms with Crippen LogP contribution in [0.5, 0.6) is 0 Å². The predicted octanol–water partition coefficient (Wildman–Crippen LogP) is 3.78. The van der Waals surface area contributed by atoms with Crippen molar-refractivity contribution in [1.29, 1.82) is 5.26 Å². The van der Waals surface area contributed by atoms with Crippen molar-refractivity contribution in [3.05, 3.63) is 76.5 Å². The molecule has 1 fully saturated rings. The molecule has 0 aromatic heterocycles. The third kappa shape index (κ3) is 5.46. The van der Waals surface area contributed by atoms with E-state index in [-0.39, 0.29) is 11.5 Å². The van der Waals surface area contributed by atoms with Gasteiger partial charge >= 0.3 is 0 Å². The van der Waals surface area contributed by atoms with E-state index in [9.17, 15) is 10.1 Å². The van der Waals surface area contributed by atoms with Crippen LogP contribution in [0.3, 0.4) is 0 Å². The molecule has 0 bridgehead atoms. The molecule has 3 rings (SSSR count). The monoisotopic (exact) mass is 388 g/mol. The number of aryl methyl sites for hydroxylation is 3. The Bertz CT molecular complexity index is 912. The lowest BCUT2D eigenvalue weighted by atomic mass is 10.0. The van der Waals surface area contributed by atoms with Crippen LogP contribution in [0.15, 0.2) is 54.2 Å². The summed E-state index contributed by atoms with van der Waals surface area (Å²) in [5, 5.41) is 12.4. The number of piperazine rings is 1. The van der Waals surface area contributed by atoms with Crippen LogP contribution in [0.1, 0.15) is 22.3 Å². The fourth-order valence-corrected chi connectivity index (χ4v) is 3.77. The van der Waals surface area contributed by atoms with E-state index in [1.165, 1.54) is 5.56 Å². The molecular formula is C24H28N4O. The van der Waals surface area contributed by atoms with Crippen molar-refractivity contribution in [2.24, 2.45) is 0 Å². The Labute approximate surface area is 173 Å². The van der Waals surface area contributed by atoms with Gasteiger partial charge in [0.05, 0.1) is 0 Å². The van der Waals surface area contributed by atoms with Crippen LogP contribution in [-0.4, -0.2) is 41.9 Å². The van der Waals surface area contributed by atoms with Crippen LogP contribution in [0.2, 0.25) is 0 Å². The van der Waals surface area contributed by atoms with E-state index < -0.39 is 0 Å². The molecule has 0 radical (unpaired) electrons. The van der Waals surface area contributed by atoms with Crippen LogP contribution in [0, 0.1) is 32.1 Å². The number of carbonyl (C=O) groups is 1. The SMILES string of the molecule is Cc1cc(C)c(NC(=O)/C(C#N)=C\N2CCN(Cc3ccccc3)CC2)c(C)c1. The van der Waals surface area contributed by atoms with E-state index in [1.807, 2.05) is 39.0 Å². The standard InChI is InChI=1S/C24H28N4O/c1-18-13-19(2)23(20(3)14-18)26-24(29)22(15-25)17-28-11-9-27(10-12-28)16-21-7-5-4-6-8-21/h4-8,13-14,17H,9-12,16H2,1-3H3,(H,26,29)/b22-17-. The summed E-state index contributed by atoms with van der Waals surface area (Å²) in [6.45, 7) is 10.3. The summed E-state index contributed by atoms with van der Waals surface area (Å²) >= 11 is 0. The Balaban J connectivity index is 1.60. The normalized spacial score (nSPS) is 15.1. The summed E-state index contributed by atoms with van der Waals surface area (Å²) in [5.74, 6) is -0.353. The second-order valence-electron chi connectivity index (χ2n) is 7.68. The number of benzene rings is 2. The number of hydrogen-bond acceptors (Lipinski definition) is 4. The number of nitrogens with zero attached hydrogens (tertiary/aromatic N) is 3.